The summed E-state index contributed by atoms with van der Waals surface area (Å²) < 4.78 is 10.5. The Labute approximate surface area is 169 Å². The van der Waals surface area contributed by atoms with Gasteiger partial charge in [-0.3, -0.25) is 4.79 Å². The molecule has 3 nitrogen and oxygen atoms in total. The molecule has 3 rings (SSSR count). The van der Waals surface area contributed by atoms with Crippen LogP contribution in [0.15, 0.2) is 47.5 Å². The van der Waals surface area contributed by atoms with E-state index in [9.17, 15) is 4.79 Å². The summed E-state index contributed by atoms with van der Waals surface area (Å²) in [5.74, 6) is 1.21. The van der Waals surface area contributed by atoms with Crippen LogP contribution in [0.3, 0.4) is 0 Å². The Bertz CT molecular complexity index is 856. The second-order valence-corrected chi connectivity index (χ2v) is 7.00. The summed E-state index contributed by atoms with van der Waals surface area (Å²) in [6, 6.07) is 11.1. The van der Waals surface area contributed by atoms with Gasteiger partial charge < -0.3 is 9.47 Å². The smallest absolute Gasteiger partial charge is 0.185 e. The number of hydrogen-bond acceptors (Lipinski definition) is 3. The first-order valence-electron chi connectivity index (χ1n) is 8.66. The van der Waals surface area contributed by atoms with E-state index in [-0.39, 0.29) is 5.78 Å². The Morgan fingerprint density at radius 3 is 1.67 bits per heavy atom. The van der Waals surface area contributed by atoms with Crippen LogP contribution in [-0.2, 0) is 4.79 Å². The van der Waals surface area contributed by atoms with E-state index >= 15 is 0 Å². The summed E-state index contributed by atoms with van der Waals surface area (Å²) in [4.78, 5) is 13.0. The van der Waals surface area contributed by atoms with E-state index in [1.807, 2.05) is 36.4 Å². The molecule has 0 spiro atoms. The van der Waals surface area contributed by atoms with E-state index in [1.54, 1.807) is 26.4 Å². The normalized spacial score (nSPS) is 17.4. The van der Waals surface area contributed by atoms with E-state index in [4.69, 9.17) is 32.7 Å². The van der Waals surface area contributed by atoms with Crippen LogP contribution >= 0.6 is 23.2 Å². The molecule has 0 atom stereocenters. The first-order valence-corrected chi connectivity index (χ1v) is 9.41. The number of benzene rings is 2. The lowest BCUT2D eigenvalue weighted by atomic mass is 9.87. The maximum Gasteiger partial charge on any atom is 0.185 e. The summed E-state index contributed by atoms with van der Waals surface area (Å²) in [5, 5.41) is 1.01. The van der Waals surface area contributed by atoms with Crippen LogP contribution in [0.4, 0.5) is 0 Å². The highest BCUT2D eigenvalue weighted by molar-refractivity contribution is 6.34. The minimum Gasteiger partial charge on any atom is -0.495 e. The third-order valence-corrected chi connectivity index (χ3v) is 5.37. The van der Waals surface area contributed by atoms with Crippen LogP contribution in [0.5, 0.6) is 11.5 Å². The zero-order valence-electron chi connectivity index (χ0n) is 15.2. The summed E-state index contributed by atoms with van der Waals surface area (Å²) in [7, 11) is 3.14. The number of rotatable bonds is 4. The summed E-state index contributed by atoms with van der Waals surface area (Å²) in [6.07, 6.45) is 6.04. The molecule has 1 aliphatic rings. The molecule has 2 aromatic carbocycles. The van der Waals surface area contributed by atoms with Crippen molar-refractivity contribution in [3.63, 3.8) is 0 Å². The van der Waals surface area contributed by atoms with E-state index in [0.29, 0.717) is 21.5 Å². The Kier molecular flexibility index (Phi) is 6.25. The number of carbonyl (C=O) groups is 1. The molecule has 0 N–H and O–H groups in total. The number of allylic oxidation sites excluding steroid dienone is 2. The lowest BCUT2D eigenvalue weighted by molar-refractivity contribution is -0.112. The fraction of sp³-hybridized carbons (Fsp3) is 0.227. The summed E-state index contributed by atoms with van der Waals surface area (Å²) in [6.45, 7) is 0. The third-order valence-electron chi connectivity index (χ3n) is 4.56. The van der Waals surface area contributed by atoms with Crippen molar-refractivity contribution in [1.29, 1.82) is 0 Å². The maximum atomic E-state index is 13.0. The number of Topliss-reactive ketones (excluding diaryl/α,β-unsaturated/α-hetero) is 1. The highest BCUT2D eigenvalue weighted by Crippen LogP contribution is 2.35. The standard InChI is InChI=1S/C22H20Cl2O3/c1-26-18-10-4-6-14(20(18)23)12-16-8-3-9-17(22(16)25)13-15-7-5-11-19(27-2)21(15)24/h4-7,10-13H,3,8-9H2,1-2H3/b16-12+,17-13+. The van der Waals surface area contributed by atoms with Gasteiger partial charge in [-0.05, 0) is 54.7 Å². The predicted octanol–water partition coefficient (Wildman–Crippen LogP) is 6.23. The number of halogens is 2. The van der Waals surface area contributed by atoms with Crippen molar-refractivity contribution in [2.45, 2.75) is 19.3 Å². The van der Waals surface area contributed by atoms with Gasteiger partial charge in [0.05, 0.1) is 24.3 Å². The van der Waals surface area contributed by atoms with Gasteiger partial charge >= 0.3 is 0 Å². The van der Waals surface area contributed by atoms with Crippen LogP contribution in [0, 0.1) is 0 Å². The highest BCUT2D eigenvalue weighted by Gasteiger charge is 2.21. The Morgan fingerprint density at radius 2 is 1.26 bits per heavy atom. The molecule has 2 aromatic rings. The first-order chi connectivity index (χ1) is 13.0. The molecule has 0 heterocycles. The van der Waals surface area contributed by atoms with Crippen molar-refractivity contribution < 1.29 is 14.3 Å². The van der Waals surface area contributed by atoms with Gasteiger partial charge in [0.15, 0.2) is 5.78 Å². The highest BCUT2D eigenvalue weighted by atomic mass is 35.5. The Morgan fingerprint density at radius 1 is 0.815 bits per heavy atom. The Balaban J connectivity index is 1.95. The fourth-order valence-corrected chi connectivity index (χ4v) is 3.66. The molecule has 0 aromatic heterocycles. The van der Waals surface area contributed by atoms with Crippen molar-refractivity contribution in [3.05, 3.63) is 68.7 Å². The van der Waals surface area contributed by atoms with E-state index in [2.05, 4.69) is 0 Å². The largest absolute Gasteiger partial charge is 0.495 e. The monoisotopic (exact) mass is 402 g/mol. The van der Waals surface area contributed by atoms with Gasteiger partial charge in [-0.25, -0.2) is 0 Å². The number of ether oxygens (including phenoxy) is 2. The quantitative estimate of drug-likeness (QED) is 0.568. The van der Waals surface area contributed by atoms with Crippen LogP contribution in [0.2, 0.25) is 10.0 Å². The molecule has 0 bridgehead atoms. The van der Waals surface area contributed by atoms with Crippen LogP contribution in [-0.4, -0.2) is 20.0 Å². The molecule has 140 valence electrons. The second-order valence-electron chi connectivity index (χ2n) is 6.25. The maximum absolute atomic E-state index is 13.0. The van der Waals surface area contributed by atoms with Gasteiger partial charge in [0.2, 0.25) is 0 Å². The summed E-state index contributed by atoms with van der Waals surface area (Å²) in [5.41, 5.74) is 3.03. The number of hydrogen-bond donors (Lipinski definition) is 0. The molecular weight excluding hydrogens is 383 g/mol. The topological polar surface area (TPSA) is 35.5 Å². The van der Waals surface area contributed by atoms with Crippen LogP contribution in [0.25, 0.3) is 12.2 Å². The molecule has 27 heavy (non-hydrogen) atoms. The average molecular weight is 403 g/mol. The Hall–Kier alpha value is -2.23. The van der Waals surface area contributed by atoms with Crippen molar-refractivity contribution in [3.8, 4) is 11.5 Å². The lowest BCUT2D eigenvalue weighted by Crippen LogP contribution is -2.12. The van der Waals surface area contributed by atoms with Gasteiger partial charge in [-0.1, -0.05) is 47.5 Å². The van der Waals surface area contributed by atoms with Crippen molar-refractivity contribution >= 4 is 41.1 Å². The lowest BCUT2D eigenvalue weighted by Gasteiger charge is -2.17. The minimum absolute atomic E-state index is 0.0269. The molecule has 0 unspecified atom stereocenters. The molecule has 1 saturated carbocycles. The third kappa shape index (κ3) is 4.20. The van der Waals surface area contributed by atoms with Gasteiger partial charge in [-0.2, -0.15) is 0 Å². The van der Waals surface area contributed by atoms with E-state index in [1.165, 1.54) is 0 Å². The average Bonchev–Trinajstić information content (AvgIpc) is 2.68. The SMILES string of the molecule is COc1cccc(/C=C2\CCC/C(=C\c3cccc(OC)c3Cl)C2=O)c1Cl. The molecule has 0 aliphatic heterocycles. The van der Waals surface area contributed by atoms with Gasteiger partial charge in [0.1, 0.15) is 11.5 Å². The molecule has 5 heteroatoms. The van der Waals surface area contributed by atoms with E-state index in [0.717, 1.165) is 41.5 Å². The fourth-order valence-electron chi connectivity index (χ4n) is 3.15. The van der Waals surface area contributed by atoms with Gasteiger partial charge in [-0.15, -0.1) is 0 Å². The van der Waals surface area contributed by atoms with Crippen LogP contribution in [0.1, 0.15) is 30.4 Å². The van der Waals surface area contributed by atoms with Crippen molar-refractivity contribution in [2.75, 3.05) is 14.2 Å². The first kappa shape index (κ1) is 19.5. The zero-order chi connectivity index (χ0) is 19.4. The van der Waals surface area contributed by atoms with Gasteiger partial charge in [0.25, 0.3) is 0 Å². The minimum atomic E-state index is 0.0269. The van der Waals surface area contributed by atoms with E-state index < -0.39 is 0 Å². The molecule has 1 fully saturated rings. The predicted molar refractivity (Wildman–Crippen MR) is 111 cm³/mol. The number of ketones is 1. The van der Waals surface area contributed by atoms with Crippen molar-refractivity contribution in [1.82, 2.24) is 0 Å². The number of methoxy groups -OCH3 is 2. The molecular formula is C22H20Cl2O3. The zero-order valence-corrected chi connectivity index (χ0v) is 16.7. The number of carbonyl (C=O) groups excluding carboxylic acids is 1. The molecule has 0 amide bonds. The molecule has 1 aliphatic carbocycles. The van der Waals surface area contributed by atoms with Crippen molar-refractivity contribution in [2.24, 2.45) is 0 Å². The second kappa shape index (κ2) is 8.64. The molecule has 0 radical (unpaired) electrons. The molecule has 0 saturated heterocycles. The van der Waals surface area contributed by atoms with Crippen LogP contribution < -0.4 is 9.47 Å². The van der Waals surface area contributed by atoms with Gasteiger partial charge in [0, 0.05) is 11.1 Å². The summed E-state index contributed by atoms with van der Waals surface area (Å²) >= 11 is 12.7.